The number of ether oxygens (including phenoxy) is 1. The summed E-state index contributed by atoms with van der Waals surface area (Å²) in [5.41, 5.74) is 2.72. The van der Waals surface area contributed by atoms with E-state index in [1.807, 2.05) is 91.0 Å². The minimum absolute atomic E-state index is 0.102. The summed E-state index contributed by atoms with van der Waals surface area (Å²) in [6.45, 7) is 1.94. The third kappa shape index (κ3) is 5.98. The molecule has 5 aromatic rings. The Labute approximate surface area is 249 Å². The van der Waals surface area contributed by atoms with Crippen LogP contribution in [0, 0.1) is 11.6 Å². The molecule has 1 unspecified atom stereocenters. The molecule has 5 aromatic carbocycles. The van der Waals surface area contributed by atoms with Gasteiger partial charge in [0.05, 0.1) is 23.6 Å². The first kappa shape index (κ1) is 29.2. The highest BCUT2D eigenvalue weighted by Crippen LogP contribution is 2.41. The van der Waals surface area contributed by atoms with Crippen LogP contribution in [0.1, 0.15) is 41.6 Å². The van der Waals surface area contributed by atoms with Crippen LogP contribution in [0.2, 0.25) is 5.02 Å². The lowest BCUT2D eigenvalue weighted by Crippen LogP contribution is -2.47. The molecule has 3 nitrogen and oxygen atoms in total. The third-order valence-corrected chi connectivity index (χ3v) is 7.61. The summed E-state index contributed by atoms with van der Waals surface area (Å²) in [7, 11) is 0. The molecule has 0 aliphatic heterocycles. The van der Waals surface area contributed by atoms with Gasteiger partial charge in [-0.3, -0.25) is 10.1 Å². The number of benzene rings is 5. The van der Waals surface area contributed by atoms with Gasteiger partial charge in [-0.1, -0.05) is 127 Å². The van der Waals surface area contributed by atoms with E-state index in [1.54, 1.807) is 25.1 Å². The van der Waals surface area contributed by atoms with Gasteiger partial charge in [0.1, 0.15) is 11.6 Å². The molecule has 0 aromatic heterocycles. The molecule has 0 saturated heterocycles. The number of halogens is 3. The van der Waals surface area contributed by atoms with Gasteiger partial charge in [-0.25, -0.2) is 8.78 Å². The summed E-state index contributed by atoms with van der Waals surface area (Å²) in [6.07, 6.45) is -0.132. The number of carbonyl (C=O) groups is 1. The summed E-state index contributed by atoms with van der Waals surface area (Å²) in [5, 5.41) is 3.63. The Hall–Kier alpha value is -4.32. The monoisotopic (exact) mass is 581 g/mol. The minimum atomic E-state index is -0.970. The summed E-state index contributed by atoms with van der Waals surface area (Å²) < 4.78 is 35.8. The zero-order chi connectivity index (χ0) is 29.5. The summed E-state index contributed by atoms with van der Waals surface area (Å²) in [6, 6.07) is 37.9. The van der Waals surface area contributed by atoms with Crippen LogP contribution >= 0.6 is 11.6 Å². The van der Waals surface area contributed by atoms with E-state index in [9.17, 15) is 9.18 Å². The second kappa shape index (κ2) is 13.1. The molecule has 212 valence electrons. The van der Waals surface area contributed by atoms with Crippen molar-refractivity contribution >= 4 is 17.6 Å². The molecule has 0 bridgehead atoms. The molecule has 1 atom stereocenters. The SMILES string of the molecule is CCOC(=O)CC(NC(c1ccccc1)(c1ccccc1)c1ccccc1)c1cccc(-c2ccc(F)c(Cl)c2)c1F. The van der Waals surface area contributed by atoms with Gasteiger partial charge in [0.15, 0.2) is 0 Å². The van der Waals surface area contributed by atoms with Crippen molar-refractivity contribution in [2.45, 2.75) is 24.9 Å². The molecule has 0 saturated carbocycles. The zero-order valence-electron chi connectivity index (χ0n) is 23.1. The highest BCUT2D eigenvalue weighted by Gasteiger charge is 2.39. The van der Waals surface area contributed by atoms with Gasteiger partial charge in [0.25, 0.3) is 0 Å². The maximum absolute atomic E-state index is 16.5. The normalized spacial score (nSPS) is 12.1. The number of nitrogens with one attached hydrogen (secondary N) is 1. The van der Waals surface area contributed by atoms with Crippen molar-refractivity contribution in [3.05, 3.63) is 166 Å². The first-order valence-electron chi connectivity index (χ1n) is 13.8. The Kier molecular flexibility index (Phi) is 9.11. The van der Waals surface area contributed by atoms with Crippen molar-refractivity contribution < 1.29 is 18.3 Å². The molecule has 1 N–H and O–H groups in total. The van der Waals surface area contributed by atoms with Crippen LogP contribution in [0.5, 0.6) is 0 Å². The smallest absolute Gasteiger partial charge is 0.307 e. The molecule has 0 aliphatic rings. The maximum atomic E-state index is 16.5. The minimum Gasteiger partial charge on any atom is -0.466 e. The van der Waals surface area contributed by atoms with Gasteiger partial charge in [-0.05, 0) is 41.3 Å². The molecule has 0 radical (unpaired) electrons. The Morgan fingerprint density at radius 1 is 0.786 bits per heavy atom. The topological polar surface area (TPSA) is 38.3 Å². The lowest BCUT2D eigenvalue weighted by Gasteiger charge is -2.40. The fourth-order valence-corrected chi connectivity index (χ4v) is 5.59. The Balaban J connectivity index is 1.73. The third-order valence-electron chi connectivity index (χ3n) is 7.32. The van der Waals surface area contributed by atoms with Crippen LogP contribution in [0.3, 0.4) is 0 Å². The van der Waals surface area contributed by atoms with E-state index in [-0.39, 0.29) is 29.2 Å². The van der Waals surface area contributed by atoms with Gasteiger partial charge < -0.3 is 4.74 Å². The molecular weight excluding hydrogens is 552 g/mol. The van der Waals surface area contributed by atoms with Crippen molar-refractivity contribution in [1.82, 2.24) is 5.32 Å². The van der Waals surface area contributed by atoms with Crippen molar-refractivity contribution in [1.29, 1.82) is 0 Å². The predicted octanol–water partition coefficient (Wildman–Crippen LogP) is 8.86. The number of hydrogen-bond donors (Lipinski definition) is 1. The van der Waals surface area contributed by atoms with Crippen molar-refractivity contribution in [2.75, 3.05) is 6.61 Å². The summed E-state index contributed by atoms with van der Waals surface area (Å²) >= 11 is 6.04. The van der Waals surface area contributed by atoms with Crippen LogP contribution < -0.4 is 5.32 Å². The van der Waals surface area contributed by atoms with Crippen LogP contribution in [-0.4, -0.2) is 12.6 Å². The average molecular weight is 582 g/mol. The first-order chi connectivity index (χ1) is 20.4. The lowest BCUT2D eigenvalue weighted by molar-refractivity contribution is -0.143. The van der Waals surface area contributed by atoms with Crippen molar-refractivity contribution in [3.63, 3.8) is 0 Å². The fraction of sp³-hybridized carbons (Fsp3) is 0.139. The fourth-order valence-electron chi connectivity index (χ4n) is 5.41. The molecule has 42 heavy (non-hydrogen) atoms. The molecule has 5 rings (SSSR count). The molecule has 0 amide bonds. The van der Waals surface area contributed by atoms with Gasteiger partial charge in [0, 0.05) is 17.2 Å². The molecule has 0 heterocycles. The lowest BCUT2D eigenvalue weighted by atomic mass is 9.76. The average Bonchev–Trinajstić information content (AvgIpc) is 3.02. The van der Waals surface area contributed by atoms with E-state index in [2.05, 4.69) is 5.32 Å². The van der Waals surface area contributed by atoms with Crippen LogP contribution in [0.4, 0.5) is 8.78 Å². The quantitative estimate of drug-likeness (QED) is 0.132. The zero-order valence-corrected chi connectivity index (χ0v) is 23.8. The Morgan fingerprint density at radius 3 is 1.83 bits per heavy atom. The largest absolute Gasteiger partial charge is 0.466 e. The van der Waals surface area contributed by atoms with Crippen LogP contribution in [-0.2, 0) is 15.1 Å². The van der Waals surface area contributed by atoms with E-state index in [1.165, 1.54) is 18.2 Å². The van der Waals surface area contributed by atoms with Gasteiger partial charge in [0.2, 0.25) is 0 Å². The molecule has 0 aliphatic carbocycles. The number of esters is 1. The number of hydrogen-bond acceptors (Lipinski definition) is 3. The van der Waals surface area contributed by atoms with Gasteiger partial charge >= 0.3 is 5.97 Å². The van der Waals surface area contributed by atoms with Crippen LogP contribution in [0.15, 0.2) is 127 Å². The number of rotatable bonds is 10. The predicted molar refractivity (Wildman–Crippen MR) is 163 cm³/mol. The molecule has 0 spiro atoms. The Bertz CT molecular complexity index is 1550. The van der Waals surface area contributed by atoms with E-state index in [0.29, 0.717) is 5.56 Å². The molecule has 6 heteroatoms. The van der Waals surface area contributed by atoms with E-state index < -0.39 is 29.2 Å². The molecular formula is C36H30ClF2NO2. The second-order valence-corrected chi connectivity index (χ2v) is 10.3. The van der Waals surface area contributed by atoms with Crippen molar-refractivity contribution in [3.8, 4) is 11.1 Å². The maximum Gasteiger partial charge on any atom is 0.307 e. The standard InChI is InChI=1S/C36H30ClF2NO2/c1-2-42-34(41)24-33(30-20-12-19-29(35(30)39)25-21-22-32(38)31(37)23-25)40-36(26-13-6-3-7-14-26,27-15-8-4-9-16-27)28-17-10-5-11-18-28/h3-23,33,40H,2,24H2,1H3. The van der Waals surface area contributed by atoms with Gasteiger partial charge in [-0.2, -0.15) is 0 Å². The Morgan fingerprint density at radius 2 is 1.33 bits per heavy atom. The van der Waals surface area contributed by atoms with E-state index in [4.69, 9.17) is 16.3 Å². The van der Waals surface area contributed by atoms with E-state index in [0.717, 1.165) is 16.7 Å². The first-order valence-corrected chi connectivity index (χ1v) is 14.2. The highest BCUT2D eigenvalue weighted by atomic mass is 35.5. The van der Waals surface area contributed by atoms with Crippen molar-refractivity contribution in [2.24, 2.45) is 0 Å². The van der Waals surface area contributed by atoms with Crippen LogP contribution in [0.25, 0.3) is 11.1 Å². The summed E-state index contributed by atoms with van der Waals surface area (Å²) in [5.74, 6) is -1.59. The van der Waals surface area contributed by atoms with Gasteiger partial charge in [-0.15, -0.1) is 0 Å². The van der Waals surface area contributed by atoms with E-state index >= 15 is 4.39 Å². The highest BCUT2D eigenvalue weighted by molar-refractivity contribution is 6.31. The number of carbonyl (C=O) groups excluding carboxylic acids is 1. The second-order valence-electron chi connectivity index (χ2n) is 9.89. The molecule has 0 fully saturated rings. The summed E-state index contributed by atoms with van der Waals surface area (Å²) in [4.78, 5) is 13.0.